The number of benzene rings is 1. The Kier molecular flexibility index (Phi) is 4.48. The van der Waals surface area contributed by atoms with Gasteiger partial charge in [0, 0.05) is 6.54 Å². The molecule has 0 heterocycles. The summed E-state index contributed by atoms with van der Waals surface area (Å²) < 4.78 is 86.3. The molecule has 0 saturated carbocycles. The van der Waals surface area contributed by atoms with Crippen molar-refractivity contribution in [3.8, 4) is 0 Å². The molecule has 0 aromatic heterocycles. The van der Waals surface area contributed by atoms with E-state index in [9.17, 15) is 30.4 Å². The fraction of sp³-hybridized carbons (Fsp3) is 0.333. The molecule has 4 nitrogen and oxygen atoms in total. The summed E-state index contributed by atoms with van der Waals surface area (Å²) in [4.78, 5) is -1.40. The highest BCUT2D eigenvalue weighted by atomic mass is 32.2. The molecule has 0 spiro atoms. The molecule has 1 atom stereocenters. The topological polar surface area (TPSA) is 66.4 Å². The first kappa shape index (κ1) is 15.8. The standard InChI is InChI=1S/C9H8F5NO3S/c10-5-2-1-3-6(11)8(5)19(17,18)15-4-7(16)9(12,13)14/h1-3,7,15-16H,4H2. The zero-order chi connectivity index (χ0) is 14.8. The third kappa shape index (κ3) is 3.85. The molecule has 0 saturated heterocycles. The molecule has 2 N–H and O–H groups in total. The van der Waals surface area contributed by atoms with E-state index in [0.717, 1.165) is 6.07 Å². The van der Waals surface area contributed by atoms with E-state index < -0.39 is 45.4 Å². The summed E-state index contributed by atoms with van der Waals surface area (Å²) in [6, 6.07) is 2.17. The minimum atomic E-state index is -5.05. The monoisotopic (exact) mass is 305 g/mol. The summed E-state index contributed by atoms with van der Waals surface area (Å²) in [7, 11) is -4.84. The van der Waals surface area contributed by atoms with Gasteiger partial charge in [-0.1, -0.05) is 6.07 Å². The van der Waals surface area contributed by atoms with Crippen molar-refractivity contribution in [2.75, 3.05) is 6.54 Å². The molecule has 0 bridgehead atoms. The normalized spacial score (nSPS) is 14.4. The fourth-order valence-electron chi connectivity index (χ4n) is 1.12. The second-order valence-electron chi connectivity index (χ2n) is 3.46. The lowest BCUT2D eigenvalue weighted by molar-refractivity contribution is -0.200. The third-order valence-corrected chi connectivity index (χ3v) is 3.51. The van der Waals surface area contributed by atoms with Crippen molar-refractivity contribution in [2.24, 2.45) is 0 Å². The van der Waals surface area contributed by atoms with Crippen molar-refractivity contribution in [1.82, 2.24) is 4.72 Å². The van der Waals surface area contributed by atoms with Gasteiger partial charge in [0.1, 0.15) is 11.6 Å². The average Bonchev–Trinajstić information content (AvgIpc) is 2.24. The predicted octanol–water partition coefficient (Wildman–Crippen LogP) is 1.17. The van der Waals surface area contributed by atoms with Gasteiger partial charge in [-0.2, -0.15) is 13.2 Å². The molecule has 10 heteroatoms. The van der Waals surface area contributed by atoms with Crippen LogP contribution in [0.1, 0.15) is 0 Å². The van der Waals surface area contributed by atoms with Gasteiger partial charge in [0.25, 0.3) is 0 Å². The number of hydrogen-bond donors (Lipinski definition) is 2. The van der Waals surface area contributed by atoms with E-state index in [-0.39, 0.29) is 0 Å². The van der Waals surface area contributed by atoms with E-state index >= 15 is 0 Å². The maximum atomic E-state index is 13.2. The SMILES string of the molecule is O=S(=O)(NCC(O)C(F)(F)F)c1c(F)cccc1F. The zero-order valence-corrected chi connectivity index (χ0v) is 9.89. The molecule has 108 valence electrons. The number of aliphatic hydroxyl groups is 1. The molecule has 1 unspecified atom stereocenters. The van der Waals surface area contributed by atoms with Gasteiger partial charge in [-0.15, -0.1) is 0 Å². The van der Waals surface area contributed by atoms with Crippen molar-refractivity contribution in [2.45, 2.75) is 17.2 Å². The van der Waals surface area contributed by atoms with Crippen molar-refractivity contribution in [1.29, 1.82) is 0 Å². The van der Waals surface area contributed by atoms with Gasteiger partial charge < -0.3 is 5.11 Å². The van der Waals surface area contributed by atoms with Crippen LogP contribution in [0.4, 0.5) is 22.0 Å². The van der Waals surface area contributed by atoms with Crippen LogP contribution in [0.25, 0.3) is 0 Å². The molecule has 0 aliphatic heterocycles. The van der Waals surface area contributed by atoms with Gasteiger partial charge in [-0.25, -0.2) is 21.9 Å². The van der Waals surface area contributed by atoms with Crippen LogP contribution in [0.2, 0.25) is 0 Å². The Labute approximate surface area is 104 Å². The zero-order valence-electron chi connectivity index (χ0n) is 9.08. The molecule has 0 aliphatic rings. The number of nitrogens with one attached hydrogen (secondary N) is 1. The van der Waals surface area contributed by atoms with Crippen LogP contribution >= 0.6 is 0 Å². The minimum Gasteiger partial charge on any atom is -0.382 e. The Morgan fingerprint density at radius 1 is 1.21 bits per heavy atom. The highest BCUT2D eigenvalue weighted by Crippen LogP contribution is 2.21. The summed E-state index contributed by atoms with van der Waals surface area (Å²) in [5, 5.41) is 8.60. The Morgan fingerprint density at radius 3 is 2.11 bits per heavy atom. The number of aliphatic hydroxyl groups excluding tert-OH is 1. The van der Waals surface area contributed by atoms with Crippen LogP contribution < -0.4 is 4.72 Å². The summed E-state index contributed by atoms with van der Waals surface area (Å²) in [5.74, 6) is -2.90. The lowest BCUT2D eigenvalue weighted by atomic mass is 10.3. The van der Waals surface area contributed by atoms with E-state index in [1.54, 1.807) is 0 Å². The van der Waals surface area contributed by atoms with Crippen LogP contribution in [0.3, 0.4) is 0 Å². The van der Waals surface area contributed by atoms with Crippen molar-refractivity contribution < 1.29 is 35.5 Å². The predicted molar refractivity (Wildman–Crippen MR) is 53.6 cm³/mol. The molecule has 0 aliphatic carbocycles. The van der Waals surface area contributed by atoms with Crippen LogP contribution in [-0.4, -0.2) is 32.3 Å². The number of hydrogen-bond acceptors (Lipinski definition) is 3. The molecule has 0 fully saturated rings. The first-order valence-corrected chi connectivity index (χ1v) is 6.22. The molecule has 19 heavy (non-hydrogen) atoms. The molecule has 1 aromatic carbocycles. The van der Waals surface area contributed by atoms with E-state index in [1.165, 1.54) is 4.72 Å². The van der Waals surface area contributed by atoms with E-state index in [2.05, 4.69) is 0 Å². The minimum absolute atomic E-state index is 0.637. The second-order valence-corrected chi connectivity index (χ2v) is 5.16. The van der Waals surface area contributed by atoms with Crippen LogP contribution in [0.5, 0.6) is 0 Å². The molecular formula is C9H8F5NO3S. The number of halogens is 5. The van der Waals surface area contributed by atoms with Gasteiger partial charge in [0.15, 0.2) is 11.0 Å². The third-order valence-electron chi connectivity index (χ3n) is 2.03. The summed E-state index contributed by atoms with van der Waals surface area (Å²) in [5.41, 5.74) is 0. The smallest absolute Gasteiger partial charge is 0.382 e. The quantitative estimate of drug-likeness (QED) is 0.821. The van der Waals surface area contributed by atoms with Gasteiger partial charge in [-0.05, 0) is 12.1 Å². The van der Waals surface area contributed by atoms with Crippen molar-refractivity contribution in [3.05, 3.63) is 29.8 Å². The van der Waals surface area contributed by atoms with Crippen molar-refractivity contribution in [3.63, 3.8) is 0 Å². The van der Waals surface area contributed by atoms with E-state index in [1.807, 2.05) is 0 Å². The highest BCUT2D eigenvalue weighted by Gasteiger charge is 2.39. The molecular weight excluding hydrogens is 297 g/mol. The van der Waals surface area contributed by atoms with E-state index in [0.29, 0.717) is 12.1 Å². The molecule has 0 amide bonds. The summed E-state index contributed by atoms with van der Waals surface area (Å²) >= 11 is 0. The lowest BCUT2D eigenvalue weighted by Gasteiger charge is -2.15. The Bertz CT molecular complexity index is 537. The average molecular weight is 305 g/mol. The lowest BCUT2D eigenvalue weighted by Crippen LogP contribution is -2.41. The van der Waals surface area contributed by atoms with Crippen LogP contribution in [-0.2, 0) is 10.0 Å². The molecule has 0 radical (unpaired) electrons. The number of sulfonamides is 1. The van der Waals surface area contributed by atoms with Crippen molar-refractivity contribution >= 4 is 10.0 Å². The van der Waals surface area contributed by atoms with Gasteiger partial charge in [0.05, 0.1) is 0 Å². The van der Waals surface area contributed by atoms with Gasteiger partial charge in [-0.3, -0.25) is 0 Å². The molecule has 1 aromatic rings. The van der Waals surface area contributed by atoms with Gasteiger partial charge >= 0.3 is 6.18 Å². The summed E-state index contributed by atoms with van der Waals surface area (Å²) in [6.45, 7) is -1.44. The van der Waals surface area contributed by atoms with Gasteiger partial charge in [0.2, 0.25) is 10.0 Å². The maximum absolute atomic E-state index is 13.2. The first-order valence-electron chi connectivity index (χ1n) is 4.74. The van der Waals surface area contributed by atoms with E-state index in [4.69, 9.17) is 5.11 Å². The Balaban J connectivity index is 2.95. The largest absolute Gasteiger partial charge is 0.415 e. The number of alkyl halides is 3. The number of rotatable bonds is 4. The Morgan fingerprint density at radius 2 is 1.68 bits per heavy atom. The summed E-state index contributed by atoms with van der Waals surface area (Å²) in [6.07, 6.45) is -8.02. The van der Waals surface area contributed by atoms with Crippen LogP contribution in [0, 0.1) is 11.6 Å². The highest BCUT2D eigenvalue weighted by molar-refractivity contribution is 7.89. The fourth-order valence-corrected chi connectivity index (χ4v) is 2.29. The molecule has 1 rings (SSSR count). The second kappa shape index (κ2) is 5.39. The maximum Gasteiger partial charge on any atom is 0.415 e. The Hall–Kier alpha value is -1.26. The first-order chi connectivity index (χ1) is 8.55. The van der Waals surface area contributed by atoms with Crippen LogP contribution in [0.15, 0.2) is 23.1 Å².